The van der Waals surface area contributed by atoms with Crippen molar-refractivity contribution < 1.29 is 27.4 Å². The van der Waals surface area contributed by atoms with Gasteiger partial charge in [-0.25, -0.2) is 4.39 Å². The lowest BCUT2D eigenvalue weighted by molar-refractivity contribution is -0.205. The van der Waals surface area contributed by atoms with Gasteiger partial charge in [0.25, 0.3) is 0 Å². The number of halogens is 4. The van der Waals surface area contributed by atoms with E-state index < -0.39 is 19.0 Å². The van der Waals surface area contributed by atoms with Crippen molar-refractivity contribution in [2.75, 3.05) is 19.9 Å². The summed E-state index contributed by atoms with van der Waals surface area (Å²) in [6.45, 7) is -0.163. The van der Waals surface area contributed by atoms with Gasteiger partial charge >= 0.3 is 6.18 Å². The van der Waals surface area contributed by atoms with Gasteiger partial charge in [0.2, 0.25) is 0 Å². The maximum absolute atomic E-state index is 11.8. The van der Waals surface area contributed by atoms with Gasteiger partial charge in [-0.2, -0.15) is 13.2 Å². The Balaban J connectivity index is 3.24. The number of hydrogen-bond donors (Lipinski definition) is 1. The number of rotatable bonds is 8. The summed E-state index contributed by atoms with van der Waals surface area (Å²) in [6.07, 6.45) is -5.62. The van der Waals surface area contributed by atoms with Gasteiger partial charge in [0, 0.05) is 6.61 Å². The lowest BCUT2D eigenvalue weighted by atomic mass is 10.1. The quantitative estimate of drug-likeness (QED) is 0.514. The van der Waals surface area contributed by atoms with Gasteiger partial charge < -0.3 is 9.84 Å². The van der Waals surface area contributed by atoms with Gasteiger partial charge in [0.1, 0.15) is 12.8 Å². The third-order valence-corrected chi connectivity index (χ3v) is 1.87. The molecule has 0 rings (SSSR count). The maximum Gasteiger partial charge on any atom is 0.414 e. The predicted molar refractivity (Wildman–Crippen MR) is 47.3 cm³/mol. The van der Waals surface area contributed by atoms with Crippen LogP contribution in [0.5, 0.6) is 0 Å². The van der Waals surface area contributed by atoms with Crippen molar-refractivity contribution in [2.24, 2.45) is 0 Å². The fourth-order valence-electron chi connectivity index (χ4n) is 1.04. The van der Waals surface area contributed by atoms with E-state index in [0.29, 0.717) is 25.9 Å². The molecule has 92 valence electrons. The highest BCUT2D eigenvalue weighted by atomic mass is 19.4. The molecule has 0 saturated heterocycles. The normalized spacial score (nSPS) is 14.2. The Labute approximate surface area is 86.2 Å². The number of ether oxygens (including phenoxy) is 1. The van der Waals surface area contributed by atoms with Crippen LogP contribution in [-0.2, 0) is 4.74 Å². The number of aliphatic hydroxyl groups is 1. The monoisotopic (exact) mass is 232 g/mol. The molecule has 0 heterocycles. The molecule has 6 heteroatoms. The molecule has 2 nitrogen and oxygen atoms in total. The van der Waals surface area contributed by atoms with Crippen molar-refractivity contribution in [3.05, 3.63) is 0 Å². The fraction of sp³-hybridized carbons (Fsp3) is 1.00. The molecule has 0 amide bonds. The first kappa shape index (κ1) is 14.6. The zero-order chi connectivity index (χ0) is 11.7. The summed E-state index contributed by atoms with van der Waals surface area (Å²) in [7, 11) is 0. The minimum atomic E-state index is -4.52. The van der Waals surface area contributed by atoms with E-state index in [1.807, 2.05) is 0 Å². The van der Waals surface area contributed by atoms with Crippen LogP contribution in [0.4, 0.5) is 17.6 Å². The summed E-state index contributed by atoms with van der Waals surface area (Å²) in [5.74, 6) is 0. The zero-order valence-electron chi connectivity index (χ0n) is 8.39. The molecule has 0 aliphatic heterocycles. The first-order valence-corrected chi connectivity index (χ1v) is 4.87. The van der Waals surface area contributed by atoms with Crippen molar-refractivity contribution in [1.29, 1.82) is 0 Å². The molecule has 0 fully saturated rings. The molecule has 1 atom stereocenters. The Hall–Kier alpha value is -0.360. The summed E-state index contributed by atoms with van der Waals surface area (Å²) in [4.78, 5) is 0. The number of aliphatic hydroxyl groups excluding tert-OH is 1. The van der Waals surface area contributed by atoms with Crippen molar-refractivity contribution in [2.45, 2.75) is 38.0 Å². The van der Waals surface area contributed by atoms with E-state index in [9.17, 15) is 17.6 Å². The second-order valence-corrected chi connectivity index (χ2v) is 3.21. The molecule has 0 aliphatic carbocycles. The van der Waals surface area contributed by atoms with Crippen LogP contribution in [0.3, 0.4) is 0 Å². The third-order valence-electron chi connectivity index (χ3n) is 1.87. The molecule has 0 bridgehead atoms. The fourth-order valence-corrected chi connectivity index (χ4v) is 1.04. The summed E-state index contributed by atoms with van der Waals surface area (Å²) in [6, 6.07) is 0. The molecule has 0 aliphatic rings. The number of hydrogen-bond acceptors (Lipinski definition) is 2. The molecule has 0 saturated carbocycles. The van der Waals surface area contributed by atoms with Crippen molar-refractivity contribution in [1.82, 2.24) is 0 Å². The van der Waals surface area contributed by atoms with Crippen LogP contribution in [0.15, 0.2) is 0 Å². The third kappa shape index (κ3) is 8.62. The van der Waals surface area contributed by atoms with Crippen LogP contribution in [0.2, 0.25) is 0 Å². The second-order valence-electron chi connectivity index (χ2n) is 3.21. The van der Waals surface area contributed by atoms with E-state index in [1.165, 1.54) is 0 Å². The Morgan fingerprint density at radius 1 is 1.07 bits per heavy atom. The van der Waals surface area contributed by atoms with Crippen molar-refractivity contribution >= 4 is 0 Å². The molecule has 0 spiro atoms. The van der Waals surface area contributed by atoms with Gasteiger partial charge in [-0.3, -0.25) is 0 Å². The van der Waals surface area contributed by atoms with E-state index in [0.717, 1.165) is 0 Å². The van der Waals surface area contributed by atoms with E-state index in [2.05, 4.69) is 0 Å². The molecule has 0 aromatic carbocycles. The minimum Gasteiger partial charge on any atom is -0.384 e. The molecular weight excluding hydrogens is 216 g/mol. The van der Waals surface area contributed by atoms with E-state index >= 15 is 0 Å². The molecule has 0 unspecified atom stereocenters. The lowest BCUT2D eigenvalue weighted by Gasteiger charge is -2.13. The van der Waals surface area contributed by atoms with Crippen LogP contribution < -0.4 is 0 Å². The van der Waals surface area contributed by atoms with E-state index in [1.54, 1.807) is 0 Å². The summed E-state index contributed by atoms with van der Waals surface area (Å²) in [5.41, 5.74) is 0. The highest BCUT2D eigenvalue weighted by molar-refractivity contribution is 4.64. The van der Waals surface area contributed by atoms with Crippen LogP contribution in [0.1, 0.15) is 25.7 Å². The van der Waals surface area contributed by atoms with Crippen LogP contribution in [0, 0.1) is 0 Å². The average molecular weight is 232 g/mol. The zero-order valence-corrected chi connectivity index (χ0v) is 8.39. The van der Waals surface area contributed by atoms with Crippen LogP contribution in [-0.4, -0.2) is 37.3 Å². The van der Waals surface area contributed by atoms with Crippen molar-refractivity contribution in [3.63, 3.8) is 0 Å². The number of alkyl halides is 4. The molecule has 1 N–H and O–H groups in total. The Kier molecular flexibility index (Phi) is 7.68. The van der Waals surface area contributed by atoms with Crippen LogP contribution in [0.25, 0.3) is 0 Å². The minimum absolute atomic E-state index is 0.0329. The molecule has 0 aromatic rings. The largest absolute Gasteiger partial charge is 0.414 e. The standard InChI is InChI=1S/C9H16F4O2/c10-5-7-15-6-3-1-2-4-8(14)9(11,12)13/h8,14H,1-7H2/t8-/m0/s1. The SMILES string of the molecule is O[C@@H](CCCCCOCCF)C(F)(F)F. The highest BCUT2D eigenvalue weighted by Crippen LogP contribution is 2.23. The first-order valence-electron chi connectivity index (χ1n) is 4.87. The smallest absolute Gasteiger partial charge is 0.384 e. The van der Waals surface area contributed by atoms with Gasteiger partial charge in [-0.1, -0.05) is 12.8 Å². The Bertz CT molecular complexity index is 150. The summed E-state index contributed by atoms with van der Waals surface area (Å²) >= 11 is 0. The van der Waals surface area contributed by atoms with Gasteiger partial charge in [0.15, 0.2) is 0 Å². The summed E-state index contributed by atoms with van der Waals surface area (Å²) < 4.78 is 51.7. The van der Waals surface area contributed by atoms with Gasteiger partial charge in [0.05, 0.1) is 6.61 Å². The molecule has 0 radical (unpaired) electrons. The maximum atomic E-state index is 11.8. The molecular formula is C9H16F4O2. The molecule has 15 heavy (non-hydrogen) atoms. The van der Waals surface area contributed by atoms with Gasteiger partial charge in [-0.15, -0.1) is 0 Å². The van der Waals surface area contributed by atoms with E-state index in [4.69, 9.17) is 9.84 Å². The highest BCUT2D eigenvalue weighted by Gasteiger charge is 2.37. The van der Waals surface area contributed by atoms with Gasteiger partial charge in [-0.05, 0) is 12.8 Å². The average Bonchev–Trinajstić information content (AvgIpc) is 2.14. The van der Waals surface area contributed by atoms with E-state index in [-0.39, 0.29) is 13.0 Å². The van der Waals surface area contributed by atoms with Crippen molar-refractivity contribution in [3.8, 4) is 0 Å². The Morgan fingerprint density at radius 2 is 1.73 bits per heavy atom. The first-order chi connectivity index (χ1) is 6.98. The lowest BCUT2D eigenvalue weighted by Crippen LogP contribution is -2.28. The van der Waals surface area contributed by atoms with Crippen LogP contribution >= 0.6 is 0 Å². The predicted octanol–water partition coefficient (Wildman–Crippen LogP) is 2.46. The Morgan fingerprint density at radius 3 is 2.27 bits per heavy atom. The molecule has 0 aromatic heterocycles. The second kappa shape index (κ2) is 7.87. The topological polar surface area (TPSA) is 29.5 Å². The number of unbranched alkanes of at least 4 members (excludes halogenated alkanes) is 2. The summed E-state index contributed by atoms with van der Waals surface area (Å²) in [5, 5.41) is 8.62.